The maximum absolute atomic E-state index is 11.6. The van der Waals surface area contributed by atoms with Gasteiger partial charge in [-0.15, -0.1) is 0 Å². The third-order valence-corrected chi connectivity index (χ3v) is 2.18. The third-order valence-electron chi connectivity index (χ3n) is 2.18. The van der Waals surface area contributed by atoms with Gasteiger partial charge in [-0.2, -0.15) is 0 Å². The fraction of sp³-hybridized carbons (Fsp3) is 0.500. The predicted molar refractivity (Wildman–Crippen MR) is 53.6 cm³/mol. The van der Waals surface area contributed by atoms with Crippen LogP contribution in [0.1, 0.15) is 19.9 Å². The summed E-state index contributed by atoms with van der Waals surface area (Å²) in [6.45, 7) is 2.78. The number of aliphatic carboxylic acids is 1. The summed E-state index contributed by atoms with van der Waals surface area (Å²) < 4.78 is 1.24. The number of aromatic nitrogens is 3. The van der Waals surface area contributed by atoms with E-state index in [9.17, 15) is 19.2 Å². The van der Waals surface area contributed by atoms with Crippen LogP contribution in [0, 0.1) is 0 Å². The van der Waals surface area contributed by atoms with E-state index >= 15 is 0 Å². The van der Waals surface area contributed by atoms with E-state index in [1.807, 2.05) is 4.98 Å². The van der Waals surface area contributed by atoms with Crippen molar-refractivity contribution in [3.63, 3.8) is 0 Å². The van der Waals surface area contributed by atoms with Gasteiger partial charge in [-0.05, 0) is 13.8 Å². The van der Waals surface area contributed by atoms with Crippen LogP contribution in [0.2, 0.25) is 0 Å². The van der Waals surface area contributed by atoms with Crippen molar-refractivity contribution in [2.45, 2.75) is 26.4 Å². The van der Waals surface area contributed by atoms with Gasteiger partial charge in [0.1, 0.15) is 6.04 Å². The Labute approximate surface area is 88.8 Å². The Kier molecular flexibility index (Phi) is 3.11. The molecule has 2 N–H and O–H groups in total. The van der Waals surface area contributed by atoms with Crippen LogP contribution in [0.4, 0.5) is 0 Å². The van der Waals surface area contributed by atoms with Gasteiger partial charge in [0.05, 0.1) is 0 Å². The Hall–Kier alpha value is -2.12. The normalized spacial score (nSPS) is 12.4. The Balaban J connectivity index is 3.65. The number of nitrogens with zero attached hydrogens (tertiary/aromatic N) is 2. The van der Waals surface area contributed by atoms with Crippen LogP contribution < -0.4 is 17.1 Å². The van der Waals surface area contributed by atoms with E-state index in [4.69, 9.17) is 5.11 Å². The molecule has 0 radical (unpaired) electrons. The van der Waals surface area contributed by atoms with E-state index in [1.54, 1.807) is 0 Å². The van der Waals surface area contributed by atoms with Gasteiger partial charge in [0.2, 0.25) is 0 Å². The van der Waals surface area contributed by atoms with E-state index in [2.05, 4.69) is 0 Å². The monoisotopic (exact) mass is 229 g/mol. The summed E-state index contributed by atoms with van der Waals surface area (Å²) in [6, 6.07) is -1.32. The zero-order chi connectivity index (χ0) is 12.5. The van der Waals surface area contributed by atoms with E-state index < -0.39 is 29.1 Å². The van der Waals surface area contributed by atoms with Crippen LogP contribution in [0.3, 0.4) is 0 Å². The van der Waals surface area contributed by atoms with Crippen molar-refractivity contribution in [3.05, 3.63) is 31.5 Å². The smallest absolute Gasteiger partial charge is 0.337 e. The van der Waals surface area contributed by atoms with E-state index in [1.165, 1.54) is 13.8 Å². The van der Waals surface area contributed by atoms with Crippen molar-refractivity contribution in [1.29, 1.82) is 0 Å². The molecule has 88 valence electrons. The summed E-state index contributed by atoms with van der Waals surface area (Å²) in [7, 11) is 0. The van der Waals surface area contributed by atoms with Crippen LogP contribution in [-0.2, 0) is 11.3 Å². The molecule has 16 heavy (non-hydrogen) atoms. The molecule has 8 nitrogen and oxygen atoms in total. The third kappa shape index (κ3) is 1.81. The quantitative estimate of drug-likeness (QED) is 0.645. The Morgan fingerprint density at radius 1 is 1.38 bits per heavy atom. The molecule has 0 amide bonds. The van der Waals surface area contributed by atoms with E-state index in [0.29, 0.717) is 4.57 Å². The lowest BCUT2D eigenvalue weighted by Crippen LogP contribution is -2.51. The second-order valence-electron chi connectivity index (χ2n) is 3.15. The number of hydrogen-bond acceptors (Lipinski definition) is 4. The zero-order valence-corrected chi connectivity index (χ0v) is 8.76. The molecular formula is C8H11N3O5. The van der Waals surface area contributed by atoms with E-state index in [-0.39, 0.29) is 6.54 Å². The minimum absolute atomic E-state index is 0.0563. The molecule has 1 aromatic heterocycles. The van der Waals surface area contributed by atoms with Crippen molar-refractivity contribution in [1.82, 2.24) is 14.1 Å². The summed E-state index contributed by atoms with van der Waals surface area (Å²) >= 11 is 0. The summed E-state index contributed by atoms with van der Waals surface area (Å²) in [6.07, 6.45) is 0. The van der Waals surface area contributed by atoms with Crippen molar-refractivity contribution in [3.8, 4) is 0 Å². The molecule has 1 unspecified atom stereocenters. The first-order valence-corrected chi connectivity index (χ1v) is 4.58. The molecule has 0 aromatic carbocycles. The van der Waals surface area contributed by atoms with Gasteiger partial charge in [0.15, 0.2) is 0 Å². The lowest BCUT2D eigenvalue weighted by molar-refractivity contribution is -0.140. The Morgan fingerprint density at radius 2 is 1.94 bits per heavy atom. The van der Waals surface area contributed by atoms with Gasteiger partial charge in [-0.3, -0.25) is 4.98 Å². The molecule has 0 saturated carbocycles. The fourth-order valence-electron chi connectivity index (χ4n) is 1.25. The highest BCUT2D eigenvalue weighted by Crippen LogP contribution is 1.95. The molecule has 0 spiro atoms. The minimum atomic E-state index is -1.33. The average Bonchev–Trinajstić information content (AvgIpc) is 2.17. The second kappa shape index (κ2) is 4.17. The molecule has 0 aliphatic rings. The van der Waals surface area contributed by atoms with Crippen LogP contribution in [0.15, 0.2) is 14.4 Å². The summed E-state index contributed by atoms with van der Waals surface area (Å²) in [5.74, 6) is -1.33. The average molecular weight is 229 g/mol. The van der Waals surface area contributed by atoms with Crippen molar-refractivity contribution in [2.24, 2.45) is 0 Å². The molecule has 1 aromatic rings. The number of nitrogens with one attached hydrogen (secondary N) is 1. The predicted octanol–water partition coefficient (Wildman–Crippen LogP) is -1.64. The first-order valence-electron chi connectivity index (χ1n) is 4.58. The molecule has 1 heterocycles. The van der Waals surface area contributed by atoms with Crippen LogP contribution in [-0.4, -0.2) is 25.2 Å². The second-order valence-corrected chi connectivity index (χ2v) is 3.15. The number of rotatable bonds is 3. The summed E-state index contributed by atoms with van der Waals surface area (Å²) in [5, 5.41) is 8.72. The fourth-order valence-corrected chi connectivity index (χ4v) is 1.25. The van der Waals surface area contributed by atoms with Gasteiger partial charge in [0.25, 0.3) is 0 Å². The molecule has 0 fully saturated rings. The topological polar surface area (TPSA) is 114 Å². The van der Waals surface area contributed by atoms with Gasteiger partial charge in [-0.1, -0.05) is 0 Å². The van der Waals surface area contributed by atoms with Crippen molar-refractivity contribution >= 4 is 5.97 Å². The highest BCUT2D eigenvalue weighted by atomic mass is 16.4. The molecule has 8 heteroatoms. The molecule has 1 rings (SSSR count). The summed E-state index contributed by atoms with van der Waals surface area (Å²) in [4.78, 5) is 46.7. The van der Waals surface area contributed by atoms with Crippen LogP contribution >= 0.6 is 0 Å². The molecule has 0 aliphatic carbocycles. The van der Waals surface area contributed by atoms with Gasteiger partial charge < -0.3 is 5.11 Å². The standard InChI is InChI=1S/C8H11N3O5/c1-3-10-6(14)9-7(15)11(8(10)16)4(2)5(12)13/h4H,3H2,1-2H3,(H,12,13)(H,9,14,15). The lowest BCUT2D eigenvalue weighted by atomic mass is 10.3. The maximum atomic E-state index is 11.6. The molecule has 0 bridgehead atoms. The SMILES string of the molecule is CCn1c(=O)[nH]c(=O)n(C(C)C(=O)O)c1=O. The summed E-state index contributed by atoms with van der Waals surface area (Å²) in [5.41, 5.74) is -2.79. The Bertz CT molecular complexity index is 579. The largest absolute Gasteiger partial charge is 0.480 e. The highest BCUT2D eigenvalue weighted by molar-refractivity contribution is 5.71. The molecule has 1 atom stereocenters. The van der Waals surface area contributed by atoms with Crippen molar-refractivity contribution < 1.29 is 9.90 Å². The maximum Gasteiger partial charge on any atom is 0.337 e. The zero-order valence-electron chi connectivity index (χ0n) is 8.76. The van der Waals surface area contributed by atoms with Gasteiger partial charge >= 0.3 is 23.0 Å². The first-order chi connectivity index (χ1) is 7.40. The number of carboxylic acid groups (broad SMARTS) is 1. The van der Waals surface area contributed by atoms with Crippen LogP contribution in [0.5, 0.6) is 0 Å². The highest BCUT2D eigenvalue weighted by Gasteiger charge is 2.19. The van der Waals surface area contributed by atoms with Crippen LogP contribution in [0.25, 0.3) is 0 Å². The minimum Gasteiger partial charge on any atom is -0.480 e. The van der Waals surface area contributed by atoms with E-state index in [0.717, 1.165) is 4.57 Å². The molecule has 0 aliphatic heterocycles. The molecule has 0 saturated heterocycles. The van der Waals surface area contributed by atoms with Crippen molar-refractivity contribution in [2.75, 3.05) is 0 Å². The molecular weight excluding hydrogens is 218 g/mol. The number of aromatic amines is 1. The van der Waals surface area contributed by atoms with Gasteiger partial charge in [0, 0.05) is 6.54 Å². The number of H-pyrrole nitrogens is 1. The Morgan fingerprint density at radius 3 is 2.38 bits per heavy atom. The van der Waals surface area contributed by atoms with Gasteiger partial charge in [-0.25, -0.2) is 28.3 Å². The number of carboxylic acids is 1. The number of hydrogen-bond donors (Lipinski definition) is 2. The number of carbonyl (C=O) groups is 1. The lowest BCUT2D eigenvalue weighted by Gasteiger charge is -2.10. The first kappa shape index (κ1) is 12.0.